The highest BCUT2D eigenvalue weighted by Crippen LogP contribution is 2.36. The lowest BCUT2D eigenvalue weighted by Gasteiger charge is -2.28. The zero-order chi connectivity index (χ0) is 21.4. The summed E-state index contributed by atoms with van der Waals surface area (Å²) in [6.45, 7) is 0. The fraction of sp³-hybridized carbons (Fsp3) is 0.318. The van der Waals surface area contributed by atoms with Crippen LogP contribution in [-0.4, -0.2) is 48.9 Å². The van der Waals surface area contributed by atoms with Crippen molar-refractivity contribution in [1.82, 2.24) is 4.90 Å². The summed E-state index contributed by atoms with van der Waals surface area (Å²) in [5.74, 6) is -0.0200. The summed E-state index contributed by atoms with van der Waals surface area (Å²) in [5.41, 5.74) is 0.895. The van der Waals surface area contributed by atoms with Crippen LogP contribution in [0.2, 0.25) is 0 Å². The zero-order valence-corrected chi connectivity index (χ0v) is 18.2. The van der Waals surface area contributed by atoms with Gasteiger partial charge in [-0.2, -0.15) is 0 Å². The topological polar surface area (TPSA) is 76.2 Å². The van der Waals surface area contributed by atoms with Gasteiger partial charge in [0.15, 0.2) is 11.5 Å². The fourth-order valence-corrected chi connectivity index (χ4v) is 3.99. The van der Waals surface area contributed by atoms with Crippen molar-refractivity contribution in [2.75, 3.05) is 19.1 Å². The monoisotopic (exact) mass is 472 g/mol. The number of carbonyl (C=O) groups is 3. The standard InChI is InChI=1S/C22H21BrN2O5/c1-29-18-10-3-13(11-19(18)30-2)21(27)24(15-8-9-15)17-12-20(26)25(22(17)28)16-6-4-14(23)5-7-16/h3-7,10-11,15,17H,8-9,12H2,1-2H3. The van der Waals surface area contributed by atoms with Gasteiger partial charge in [-0.05, 0) is 55.3 Å². The Balaban J connectivity index is 1.63. The van der Waals surface area contributed by atoms with Crippen molar-refractivity contribution in [3.63, 3.8) is 0 Å². The van der Waals surface area contributed by atoms with Crippen LogP contribution in [-0.2, 0) is 9.59 Å². The summed E-state index contributed by atoms with van der Waals surface area (Å²) in [5, 5.41) is 0. The number of halogens is 1. The van der Waals surface area contributed by atoms with Crippen LogP contribution in [0.4, 0.5) is 5.69 Å². The quantitative estimate of drug-likeness (QED) is 0.602. The van der Waals surface area contributed by atoms with Crippen molar-refractivity contribution in [2.45, 2.75) is 31.3 Å². The summed E-state index contributed by atoms with van der Waals surface area (Å²) in [6, 6.07) is 11.0. The van der Waals surface area contributed by atoms with E-state index < -0.39 is 6.04 Å². The summed E-state index contributed by atoms with van der Waals surface area (Å²) in [4.78, 5) is 42.0. The van der Waals surface area contributed by atoms with Gasteiger partial charge in [-0.1, -0.05) is 15.9 Å². The van der Waals surface area contributed by atoms with E-state index in [9.17, 15) is 14.4 Å². The van der Waals surface area contributed by atoms with Gasteiger partial charge in [0.25, 0.3) is 11.8 Å². The van der Waals surface area contributed by atoms with Crippen LogP contribution in [0.5, 0.6) is 11.5 Å². The normalized spacial score (nSPS) is 18.5. The van der Waals surface area contributed by atoms with Gasteiger partial charge in [-0.25, -0.2) is 4.90 Å². The lowest BCUT2D eigenvalue weighted by Crippen LogP contribution is -2.46. The Bertz CT molecular complexity index is 1000. The summed E-state index contributed by atoms with van der Waals surface area (Å²) in [6.07, 6.45) is 1.61. The van der Waals surface area contributed by atoms with Crippen molar-refractivity contribution < 1.29 is 23.9 Å². The second kappa shape index (κ2) is 8.10. The highest BCUT2D eigenvalue weighted by Gasteiger charge is 2.49. The maximum Gasteiger partial charge on any atom is 0.257 e. The van der Waals surface area contributed by atoms with Gasteiger partial charge in [-0.3, -0.25) is 14.4 Å². The van der Waals surface area contributed by atoms with Crippen LogP contribution < -0.4 is 14.4 Å². The number of amides is 3. The number of benzene rings is 2. The minimum atomic E-state index is -0.811. The highest BCUT2D eigenvalue weighted by molar-refractivity contribution is 9.10. The third-order valence-corrected chi connectivity index (χ3v) is 5.88. The average Bonchev–Trinajstić information content (AvgIpc) is 3.54. The van der Waals surface area contributed by atoms with E-state index in [0.717, 1.165) is 17.3 Å². The maximum atomic E-state index is 13.4. The number of hydrogen-bond donors (Lipinski definition) is 0. The third kappa shape index (κ3) is 3.67. The number of anilines is 1. The van der Waals surface area contributed by atoms with Gasteiger partial charge in [-0.15, -0.1) is 0 Å². The molecular formula is C22H21BrN2O5. The molecule has 1 saturated carbocycles. The van der Waals surface area contributed by atoms with Crippen LogP contribution in [0.15, 0.2) is 46.9 Å². The van der Waals surface area contributed by atoms with E-state index in [1.165, 1.54) is 19.1 Å². The Morgan fingerprint density at radius 2 is 1.70 bits per heavy atom. The van der Waals surface area contributed by atoms with Crippen LogP contribution in [0.25, 0.3) is 0 Å². The largest absolute Gasteiger partial charge is 0.493 e. The van der Waals surface area contributed by atoms with E-state index in [0.29, 0.717) is 22.7 Å². The number of nitrogens with zero attached hydrogens (tertiary/aromatic N) is 2. The van der Waals surface area contributed by atoms with Gasteiger partial charge < -0.3 is 14.4 Å². The summed E-state index contributed by atoms with van der Waals surface area (Å²) < 4.78 is 11.4. The molecule has 30 heavy (non-hydrogen) atoms. The van der Waals surface area contributed by atoms with E-state index >= 15 is 0 Å². The minimum absolute atomic E-state index is 0.0234. The fourth-order valence-electron chi connectivity index (χ4n) is 3.73. The SMILES string of the molecule is COc1ccc(C(=O)N(C2CC2)C2CC(=O)N(c3ccc(Br)cc3)C2=O)cc1OC. The Kier molecular flexibility index (Phi) is 5.51. The maximum absolute atomic E-state index is 13.4. The van der Waals surface area contributed by atoms with E-state index in [1.54, 1.807) is 47.4 Å². The number of carbonyl (C=O) groups excluding carboxylic acids is 3. The van der Waals surface area contributed by atoms with Crippen molar-refractivity contribution in [1.29, 1.82) is 0 Å². The first-order valence-corrected chi connectivity index (χ1v) is 10.4. The van der Waals surface area contributed by atoms with Crippen molar-refractivity contribution in [3.8, 4) is 11.5 Å². The molecule has 1 atom stereocenters. The van der Waals surface area contributed by atoms with Crippen LogP contribution in [0.1, 0.15) is 29.6 Å². The summed E-state index contributed by atoms with van der Waals surface area (Å²) in [7, 11) is 3.02. The molecule has 2 aromatic carbocycles. The molecule has 1 unspecified atom stereocenters. The van der Waals surface area contributed by atoms with E-state index in [2.05, 4.69) is 15.9 Å². The van der Waals surface area contributed by atoms with Crippen molar-refractivity contribution >= 4 is 39.3 Å². The molecule has 0 N–H and O–H groups in total. The van der Waals surface area contributed by atoms with Gasteiger partial charge >= 0.3 is 0 Å². The second-order valence-electron chi connectivity index (χ2n) is 7.28. The molecule has 156 valence electrons. The zero-order valence-electron chi connectivity index (χ0n) is 16.6. The molecule has 0 spiro atoms. The van der Waals surface area contributed by atoms with Crippen molar-refractivity contribution in [3.05, 3.63) is 52.5 Å². The molecule has 1 aliphatic heterocycles. The Labute approximate surface area is 182 Å². The second-order valence-corrected chi connectivity index (χ2v) is 8.19. The van der Waals surface area contributed by atoms with Crippen LogP contribution in [0.3, 0.4) is 0 Å². The molecule has 0 radical (unpaired) electrons. The predicted molar refractivity (Wildman–Crippen MR) is 114 cm³/mol. The summed E-state index contributed by atoms with van der Waals surface area (Å²) >= 11 is 3.35. The van der Waals surface area contributed by atoms with Crippen LogP contribution in [0, 0.1) is 0 Å². The van der Waals surface area contributed by atoms with E-state index in [4.69, 9.17) is 9.47 Å². The van der Waals surface area contributed by atoms with Gasteiger partial charge in [0, 0.05) is 16.1 Å². The Morgan fingerprint density at radius 1 is 1.03 bits per heavy atom. The first-order valence-electron chi connectivity index (χ1n) is 9.61. The highest BCUT2D eigenvalue weighted by atomic mass is 79.9. The molecule has 2 fully saturated rings. The molecule has 2 aliphatic rings. The number of ether oxygens (including phenoxy) is 2. The van der Waals surface area contributed by atoms with Crippen molar-refractivity contribution in [2.24, 2.45) is 0 Å². The molecule has 1 saturated heterocycles. The molecule has 2 aromatic rings. The van der Waals surface area contributed by atoms with Crippen LogP contribution >= 0.6 is 15.9 Å². The molecule has 8 heteroatoms. The lowest BCUT2D eigenvalue weighted by atomic mass is 10.1. The lowest BCUT2D eigenvalue weighted by molar-refractivity contribution is -0.122. The first kappa shape index (κ1) is 20.4. The number of methoxy groups -OCH3 is 2. The van der Waals surface area contributed by atoms with Gasteiger partial charge in [0.2, 0.25) is 5.91 Å². The molecule has 1 aliphatic carbocycles. The molecule has 1 heterocycles. The minimum Gasteiger partial charge on any atom is -0.493 e. The Hall–Kier alpha value is -2.87. The molecule has 0 bridgehead atoms. The number of imide groups is 1. The molecule has 7 nitrogen and oxygen atoms in total. The number of hydrogen-bond acceptors (Lipinski definition) is 5. The molecule has 3 amide bonds. The Morgan fingerprint density at radius 3 is 2.30 bits per heavy atom. The molecule has 0 aromatic heterocycles. The predicted octanol–water partition coefficient (Wildman–Crippen LogP) is 3.40. The average molecular weight is 473 g/mol. The molecular weight excluding hydrogens is 452 g/mol. The smallest absolute Gasteiger partial charge is 0.257 e. The number of rotatable bonds is 6. The third-order valence-electron chi connectivity index (χ3n) is 5.35. The molecule has 4 rings (SSSR count). The van der Waals surface area contributed by atoms with E-state index in [1.807, 2.05) is 0 Å². The first-order chi connectivity index (χ1) is 14.4. The van der Waals surface area contributed by atoms with E-state index in [-0.39, 0.29) is 30.2 Å². The van der Waals surface area contributed by atoms with Gasteiger partial charge in [0.1, 0.15) is 6.04 Å². The van der Waals surface area contributed by atoms with Gasteiger partial charge in [0.05, 0.1) is 26.3 Å².